The molecular weight excluding hydrogens is 552 g/mol. The lowest BCUT2D eigenvalue weighted by atomic mass is 9.91. The predicted molar refractivity (Wildman–Crippen MR) is 180 cm³/mol. The van der Waals surface area contributed by atoms with E-state index in [0.717, 1.165) is 110 Å². The molecule has 0 unspecified atom stereocenters. The van der Waals surface area contributed by atoms with Crippen LogP contribution in [0.1, 0.15) is 115 Å². The fourth-order valence-corrected chi connectivity index (χ4v) is 6.83. The van der Waals surface area contributed by atoms with Crippen LogP contribution in [0.25, 0.3) is 17.3 Å². The van der Waals surface area contributed by atoms with Crippen molar-refractivity contribution in [2.24, 2.45) is 0 Å². The largest absolute Gasteiger partial charge is 0.348 e. The number of benzene rings is 1. The van der Waals surface area contributed by atoms with Crippen molar-refractivity contribution in [1.82, 2.24) is 9.88 Å². The highest BCUT2D eigenvalue weighted by Crippen LogP contribution is 2.40. The van der Waals surface area contributed by atoms with Gasteiger partial charge in [-0.05, 0) is 69.2 Å². The number of aryl methyl sites for hydroxylation is 2. The quantitative estimate of drug-likeness (QED) is 0.141. The molecule has 0 N–H and O–H groups in total. The summed E-state index contributed by atoms with van der Waals surface area (Å²) in [6.07, 6.45) is 11.6. The molecule has 1 aliphatic rings. The second-order valence-corrected chi connectivity index (χ2v) is 12.8. The Bertz CT molecular complexity index is 1340. The number of anilines is 1. The topological polar surface area (TPSA) is 77.3 Å². The van der Waals surface area contributed by atoms with E-state index in [1.54, 1.807) is 18.3 Å². The minimum atomic E-state index is -0.454. The Labute approximate surface area is 263 Å². The van der Waals surface area contributed by atoms with Gasteiger partial charge in [-0.3, -0.25) is 14.5 Å². The van der Waals surface area contributed by atoms with E-state index >= 15 is 0 Å². The van der Waals surface area contributed by atoms with Crippen LogP contribution in [-0.2, 0) is 9.59 Å². The standard InChI is InChI=1S/C36H50N4O2S/c1-8-12-19-28(20-13-9-2)40-34(41)29(27(7)30(24-37)35(40)42)23-31-33(32-25(5)17-16-18-26(32)6)38-36(43-31)39(21-14-10-3)22-15-11-4/h16-18,23,28H,8-15,19-22H2,1-7H3/b29-23-. The fourth-order valence-electron chi connectivity index (χ4n) is 5.77. The van der Waals surface area contributed by atoms with Crippen molar-refractivity contribution in [2.45, 2.75) is 119 Å². The van der Waals surface area contributed by atoms with Crippen LogP contribution in [0, 0.1) is 25.2 Å². The van der Waals surface area contributed by atoms with Gasteiger partial charge in [0.05, 0.1) is 10.6 Å². The maximum atomic E-state index is 14.3. The second kappa shape index (κ2) is 16.6. The monoisotopic (exact) mass is 602 g/mol. The van der Waals surface area contributed by atoms with Gasteiger partial charge in [-0.1, -0.05) is 95.8 Å². The number of nitrogens with zero attached hydrogens (tertiary/aromatic N) is 4. The first-order chi connectivity index (χ1) is 20.7. The van der Waals surface area contributed by atoms with Gasteiger partial charge in [-0.15, -0.1) is 0 Å². The van der Waals surface area contributed by atoms with Crippen LogP contribution in [0.4, 0.5) is 5.13 Å². The number of imide groups is 1. The molecule has 0 fully saturated rings. The highest BCUT2D eigenvalue weighted by atomic mass is 32.1. The third-order valence-electron chi connectivity index (χ3n) is 8.39. The first-order valence-corrected chi connectivity index (χ1v) is 17.1. The van der Waals surface area contributed by atoms with Gasteiger partial charge in [-0.2, -0.15) is 5.26 Å². The Morgan fingerprint density at radius 2 is 1.47 bits per heavy atom. The summed E-state index contributed by atoms with van der Waals surface area (Å²) in [4.78, 5) is 37.8. The minimum absolute atomic E-state index is 0.0646. The second-order valence-electron chi connectivity index (χ2n) is 11.8. The van der Waals surface area contributed by atoms with Crippen molar-refractivity contribution in [1.29, 1.82) is 5.26 Å². The van der Waals surface area contributed by atoms with E-state index in [2.05, 4.69) is 70.7 Å². The molecule has 0 atom stereocenters. The molecule has 6 nitrogen and oxygen atoms in total. The molecule has 1 aromatic carbocycles. The van der Waals surface area contributed by atoms with Gasteiger partial charge in [0, 0.05) is 30.3 Å². The lowest BCUT2D eigenvalue weighted by Gasteiger charge is -2.34. The number of carbonyl (C=O) groups is 2. The van der Waals surface area contributed by atoms with Crippen molar-refractivity contribution in [3.63, 3.8) is 0 Å². The number of hydrogen-bond acceptors (Lipinski definition) is 6. The van der Waals surface area contributed by atoms with Gasteiger partial charge in [0.1, 0.15) is 11.6 Å². The van der Waals surface area contributed by atoms with Gasteiger partial charge < -0.3 is 4.90 Å². The van der Waals surface area contributed by atoms with Crippen LogP contribution >= 0.6 is 11.3 Å². The molecule has 7 heteroatoms. The lowest BCUT2D eigenvalue weighted by molar-refractivity contribution is -0.143. The summed E-state index contributed by atoms with van der Waals surface area (Å²) in [5, 5.41) is 11.0. The summed E-state index contributed by atoms with van der Waals surface area (Å²) >= 11 is 1.60. The molecule has 0 saturated heterocycles. The van der Waals surface area contributed by atoms with E-state index in [1.165, 1.54) is 4.90 Å². The summed E-state index contributed by atoms with van der Waals surface area (Å²) in [6, 6.07) is 8.19. The smallest absolute Gasteiger partial charge is 0.271 e. The number of carbonyl (C=O) groups excluding carboxylic acids is 2. The average molecular weight is 603 g/mol. The Hall–Kier alpha value is -3.24. The van der Waals surface area contributed by atoms with Crippen molar-refractivity contribution >= 4 is 34.4 Å². The number of rotatable bonds is 16. The van der Waals surface area contributed by atoms with Gasteiger partial charge in [0.2, 0.25) is 0 Å². The van der Waals surface area contributed by atoms with E-state index < -0.39 is 5.91 Å². The number of thiazole rings is 1. The van der Waals surface area contributed by atoms with Crippen LogP contribution in [0.2, 0.25) is 0 Å². The first-order valence-electron chi connectivity index (χ1n) is 16.3. The summed E-state index contributed by atoms with van der Waals surface area (Å²) in [7, 11) is 0. The van der Waals surface area contributed by atoms with Crippen molar-refractivity contribution < 1.29 is 9.59 Å². The molecule has 43 heavy (non-hydrogen) atoms. The van der Waals surface area contributed by atoms with E-state index in [1.807, 2.05) is 6.08 Å². The molecule has 1 aromatic heterocycles. The highest BCUT2D eigenvalue weighted by Gasteiger charge is 2.39. The molecule has 2 heterocycles. The maximum Gasteiger partial charge on any atom is 0.271 e. The number of nitriles is 1. The van der Waals surface area contributed by atoms with E-state index in [4.69, 9.17) is 4.98 Å². The highest BCUT2D eigenvalue weighted by molar-refractivity contribution is 7.17. The minimum Gasteiger partial charge on any atom is -0.348 e. The molecule has 0 aliphatic carbocycles. The van der Waals surface area contributed by atoms with Crippen LogP contribution in [0.5, 0.6) is 0 Å². The Balaban J connectivity index is 2.25. The lowest BCUT2D eigenvalue weighted by Crippen LogP contribution is -2.48. The normalized spacial score (nSPS) is 14.8. The number of unbranched alkanes of at least 4 members (excludes halogenated alkanes) is 4. The van der Waals surface area contributed by atoms with E-state index in [9.17, 15) is 14.9 Å². The predicted octanol–water partition coefficient (Wildman–Crippen LogP) is 9.17. The third kappa shape index (κ3) is 8.03. The van der Waals surface area contributed by atoms with Gasteiger partial charge in [-0.25, -0.2) is 4.98 Å². The summed E-state index contributed by atoms with van der Waals surface area (Å²) in [5.74, 6) is -0.750. The molecular formula is C36H50N4O2S. The molecule has 3 rings (SSSR count). The zero-order valence-electron chi connectivity index (χ0n) is 27.4. The first kappa shape index (κ1) is 34.3. The molecule has 2 amide bonds. The summed E-state index contributed by atoms with van der Waals surface area (Å²) < 4.78 is 0. The van der Waals surface area contributed by atoms with Gasteiger partial charge >= 0.3 is 0 Å². The van der Waals surface area contributed by atoms with Gasteiger partial charge in [0.25, 0.3) is 11.8 Å². The molecule has 0 saturated carbocycles. The molecule has 232 valence electrons. The molecule has 0 bridgehead atoms. The van der Waals surface area contributed by atoms with Crippen molar-refractivity contribution in [2.75, 3.05) is 18.0 Å². The van der Waals surface area contributed by atoms with Crippen LogP contribution in [-0.4, -0.2) is 40.8 Å². The number of aromatic nitrogens is 1. The zero-order valence-corrected chi connectivity index (χ0v) is 28.2. The molecule has 2 aromatic rings. The number of hydrogen-bond donors (Lipinski definition) is 0. The summed E-state index contributed by atoms with van der Waals surface area (Å²) in [6.45, 7) is 16.4. The van der Waals surface area contributed by atoms with Crippen LogP contribution in [0.15, 0.2) is 34.9 Å². The zero-order chi connectivity index (χ0) is 31.5. The van der Waals surface area contributed by atoms with E-state index in [-0.39, 0.29) is 17.5 Å². The van der Waals surface area contributed by atoms with Crippen molar-refractivity contribution in [3.05, 3.63) is 50.9 Å². The Kier molecular flexibility index (Phi) is 13.2. The van der Waals surface area contributed by atoms with Gasteiger partial charge in [0.15, 0.2) is 5.13 Å². The van der Waals surface area contributed by atoms with Crippen LogP contribution in [0.3, 0.4) is 0 Å². The fraction of sp³-hybridized carbons (Fsp3) is 0.556. The Morgan fingerprint density at radius 3 is 1.98 bits per heavy atom. The summed E-state index contributed by atoms with van der Waals surface area (Å²) in [5.41, 5.74) is 5.12. The molecule has 0 radical (unpaired) electrons. The SMILES string of the molecule is CCCCC(CCCC)N1C(=O)C(C#N)=C(C)/C(=C/c2sc(N(CCCC)CCCC)nc2-c2c(C)cccc2C)C1=O. The van der Waals surface area contributed by atoms with E-state index in [0.29, 0.717) is 11.1 Å². The van der Waals surface area contributed by atoms with Crippen LogP contribution < -0.4 is 4.90 Å². The average Bonchev–Trinajstić information content (AvgIpc) is 3.39. The Morgan fingerprint density at radius 1 is 0.907 bits per heavy atom. The van der Waals surface area contributed by atoms with Crippen molar-refractivity contribution in [3.8, 4) is 17.3 Å². The number of amides is 2. The molecule has 1 aliphatic heterocycles. The maximum absolute atomic E-state index is 14.3. The molecule has 0 spiro atoms. The third-order valence-corrected chi connectivity index (χ3v) is 9.45.